The molecule has 1 heterocycles. The van der Waals surface area contributed by atoms with Crippen molar-refractivity contribution in [2.24, 2.45) is 11.7 Å². The molecule has 8 nitrogen and oxygen atoms in total. The van der Waals surface area contributed by atoms with Gasteiger partial charge >= 0.3 is 0 Å². The van der Waals surface area contributed by atoms with Gasteiger partial charge in [0, 0.05) is 24.3 Å². The molecule has 31 heavy (non-hydrogen) atoms. The van der Waals surface area contributed by atoms with E-state index in [0.717, 1.165) is 0 Å². The van der Waals surface area contributed by atoms with Crippen molar-refractivity contribution in [1.82, 2.24) is 4.31 Å². The lowest BCUT2D eigenvalue weighted by Gasteiger charge is -2.31. The average Bonchev–Trinajstić information content (AvgIpc) is 2.75. The number of amides is 2. The van der Waals surface area contributed by atoms with Crippen molar-refractivity contribution in [2.75, 3.05) is 25.0 Å². The van der Waals surface area contributed by atoms with Gasteiger partial charge in [0.25, 0.3) is 0 Å². The molecule has 166 valence electrons. The van der Waals surface area contributed by atoms with Crippen LogP contribution in [0.4, 0.5) is 5.69 Å². The van der Waals surface area contributed by atoms with Gasteiger partial charge in [-0.15, -0.1) is 0 Å². The van der Waals surface area contributed by atoms with Crippen molar-refractivity contribution < 1.29 is 22.7 Å². The summed E-state index contributed by atoms with van der Waals surface area (Å²) in [6, 6.07) is 10.6. The van der Waals surface area contributed by atoms with E-state index in [2.05, 4.69) is 5.32 Å². The average molecular weight is 466 g/mol. The minimum absolute atomic E-state index is 0.0593. The number of hydrogen-bond donors (Lipinski definition) is 2. The van der Waals surface area contributed by atoms with Gasteiger partial charge in [-0.1, -0.05) is 11.6 Å². The summed E-state index contributed by atoms with van der Waals surface area (Å²) >= 11 is 6.15. The lowest BCUT2D eigenvalue weighted by molar-refractivity contribution is -0.120. The minimum atomic E-state index is -3.81. The first kappa shape index (κ1) is 23.1. The van der Waals surface area contributed by atoms with Gasteiger partial charge in [0.2, 0.25) is 21.8 Å². The largest absolute Gasteiger partial charge is 0.492 e. The molecule has 1 saturated heterocycles. The van der Waals surface area contributed by atoms with E-state index in [1.807, 2.05) is 6.92 Å². The van der Waals surface area contributed by atoms with E-state index in [0.29, 0.717) is 43.0 Å². The zero-order chi connectivity index (χ0) is 22.6. The molecule has 0 aliphatic carbocycles. The highest BCUT2D eigenvalue weighted by molar-refractivity contribution is 7.89. The Morgan fingerprint density at radius 3 is 2.55 bits per heavy atom. The van der Waals surface area contributed by atoms with E-state index in [4.69, 9.17) is 22.1 Å². The molecule has 0 radical (unpaired) electrons. The number of hydrogen-bond acceptors (Lipinski definition) is 5. The summed E-state index contributed by atoms with van der Waals surface area (Å²) in [7, 11) is -3.81. The van der Waals surface area contributed by atoms with Crippen LogP contribution in [-0.4, -0.2) is 44.2 Å². The Hall–Kier alpha value is -2.62. The summed E-state index contributed by atoms with van der Waals surface area (Å²) in [6.45, 7) is 2.62. The number of anilines is 1. The second kappa shape index (κ2) is 9.67. The number of primary amides is 1. The van der Waals surface area contributed by atoms with Crippen molar-refractivity contribution in [3.05, 3.63) is 53.1 Å². The van der Waals surface area contributed by atoms with Crippen LogP contribution in [0.2, 0.25) is 5.02 Å². The van der Waals surface area contributed by atoms with Gasteiger partial charge in [-0.05, 0) is 62.2 Å². The molecule has 1 aliphatic rings. The lowest BCUT2D eigenvalue weighted by atomic mass is 9.98. The summed E-state index contributed by atoms with van der Waals surface area (Å²) in [5.41, 5.74) is 6.06. The van der Waals surface area contributed by atoms with Crippen LogP contribution < -0.4 is 15.8 Å². The molecule has 3 rings (SSSR count). The van der Waals surface area contributed by atoms with Crippen LogP contribution in [0.3, 0.4) is 0 Å². The molecule has 3 N–H and O–H groups in total. The van der Waals surface area contributed by atoms with Gasteiger partial charge < -0.3 is 15.8 Å². The van der Waals surface area contributed by atoms with Crippen LogP contribution in [0.5, 0.6) is 5.75 Å². The topological polar surface area (TPSA) is 119 Å². The number of carbonyl (C=O) groups excluding carboxylic acids is 2. The molecule has 2 aromatic carbocycles. The molecule has 1 atom stereocenters. The third-order valence-corrected chi connectivity index (χ3v) is 7.19. The van der Waals surface area contributed by atoms with Crippen molar-refractivity contribution in [3.63, 3.8) is 0 Å². The fourth-order valence-corrected chi connectivity index (χ4v) is 5.25. The summed E-state index contributed by atoms with van der Waals surface area (Å²) in [5.74, 6) is -0.921. The molecular weight excluding hydrogens is 442 g/mol. The Morgan fingerprint density at radius 2 is 1.94 bits per heavy atom. The zero-order valence-corrected chi connectivity index (χ0v) is 18.6. The molecule has 0 unspecified atom stereocenters. The van der Waals surface area contributed by atoms with E-state index in [9.17, 15) is 18.0 Å². The Kier molecular flexibility index (Phi) is 7.19. The van der Waals surface area contributed by atoms with E-state index in [1.54, 1.807) is 12.1 Å². The first-order valence-corrected chi connectivity index (χ1v) is 11.7. The maximum atomic E-state index is 13.1. The summed E-state index contributed by atoms with van der Waals surface area (Å²) in [6.07, 6.45) is 1.13. The molecule has 1 aliphatic heterocycles. The lowest BCUT2D eigenvalue weighted by Crippen LogP contribution is -2.43. The second-order valence-corrected chi connectivity index (χ2v) is 9.50. The van der Waals surface area contributed by atoms with Gasteiger partial charge in [0.1, 0.15) is 5.75 Å². The quantitative estimate of drug-likeness (QED) is 0.651. The number of ether oxygens (including phenoxy) is 1. The van der Waals surface area contributed by atoms with Crippen LogP contribution in [-0.2, 0) is 14.8 Å². The number of halogens is 1. The van der Waals surface area contributed by atoms with Crippen LogP contribution in [0.25, 0.3) is 0 Å². The predicted octanol–water partition coefficient (Wildman–Crippen LogP) is 2.88. The van der Waals surface area contributed by atoms with Crippen LogP contribution >= 0.6 is 11.6 Å². The molecular formula is C21H24ClN3O5S. The summed E-state index contributed by atoms with van der Waals surface area (Å²) in [4.78, 5) is 23.9. The Balaban J connectivity index is 1.71. The van der Waals surface area contributed by atoms with Crippen LogP contribution in [0.15, 0.2) is 47.4 Å². The molecule has 2 amide bonds. The number of sulfonamides is 1. The highest BCUT2D eigenvalue weighted by atomic mass is 35.5. The first-order chi connectivity index (χ1) is 14.7. The number of piperidine rings is 1. The zero-order valence-electron chi connectivity index (χ0n) is 17.0. The number of nitrogens with two attached hydrogens (primary N) is 1. The van der Waals surface area contributed by atoms with E-state index in [1.165, 1.54) is 34.6 Å². The van der Waals surface area contributed by atoms with Crippen molar-refractivity contribution in [2.45, 2.75) is 24.7 Å². The third-order valence-electron chi connectivity index (χ3n) is 5.03. The predicted molar refractivity (Wildman–Crippen MR) is 118 cm³/mol. The molecule has 0 bridgehead atoms. The standard InChI is InChI=1S/C21H24ClN3O5S/c1-2-30-19-10-9-17(12-18(19)22)31(28,29)25-11-3-4-15(13-25)21(27)24-16-7-5-14(6-8-16)20(23)26/h5-10,12,15H,2-4,11,13H2,1H3,(H2,23,26)(H,24,27)/t15-/m0/s1. The Labute approximate surface area is 186 Å². The molecule has 1 fully saturated rings. The SMILES string of the molecule is CCOc1ccc(S(=O)(=O)N2CCC[C@H](C(=O)Nc3ccc(C(N)=O)cc3)C2)cc1Cl. The number of carbonyl (C=O) groups is 2. The van der Waals surface area contributed by atoms with E-state index in [-0.39, 0.29) is 22.4 Å². The van der Waals surface area contributed by atoms with Gasteiger partial charge in [-0.25, -0.2) is 8.42 Å². The summed E-state index contributed by atoms with van der Waals surface area (Å²) < 4.78 is 32.8. The minimum Gasteiger partial charge on any atom is -0.492 e. The van der Waals surface area contributed by atoms with E-state index >= 15 is 0 Å². The second-order valence-electron chi connectivity index (χ2n) is 7.16. The van der Waals surface area contributed by atoms with Gasteiger partial charge in [-0.2, -0.15) is 4.31 Å². The van der Waals surface area contributed by atoms with E-state index < -0.39 is 21.8 Å². The van der Waals surface area contributed by atoms with Crippen LogP contribution in [0, 0.1) is 5.92 Å². The van der Waals surface area contributed by atoms with Crippen molar-refractivity contribution in [3.8, 4) is 5.75 Å². The highest BCUT2D eigenvalue weighted by Crippen LogP contribution is 2.30. The Morgan fingerprint density at radius 1 is 1.23 bits per heavy atom. The maximum Gasteiger partial charge on any atom is 0.248 e. The van der Waals surface area contributed by atoms with Crippen LogP contribution in [0.1, 0.15) is 30.1 Å². The molecule has 0 aromatic heterocycles. The summed E-state index contributed by atoms with van der Waals surface area (Å²) in [5, 5.41) is 2.99. The van der Waals surface area contributed by atoms with Crippen molar-refractivity contribution >= 4 is 39.1 Å². The highest BCUT2D eigenvalue weighted by Gasteiger charge is 2.33. The Bertz CT molecular complexity index is 1070. The molecule has 10 heteroatoms. The fourth-order valence-electron chi connectivity index (χ4n) is 3.40. The number of nitrogens with one attached hydrogen (secondary N) is 1. The molecule has 0 spiro atoms. The fraction of sp³-hybridized carbons (Fsp3) is 0.333. The third kappa shape index (κ3) is 5.36. The molecule has 0 saturated carbocycles. The van der Waals surface area contributed by atoms with Gasteiger partial charge in [-0.3, -0.25) is 9.59 Å². The number of benzene rings is 2. The van der Waals surface area contributed by atoms with Crippen molar-refractivity contribution in [1.29, 1.82) is 0 Å². The monoisotopic (exact) mass is 465 g/mol. The smallest absolute Gasteiger partial charge is 0.248 e. The first-order valence-electron chi connectivity index (χ1n) is 9.85. The van der Waals surface area contributed by atoms with Gasteiger partial charge in [0.05, 0.1) is 22.4 Å². The van der Waals surface area contributed by atoms with Gasteiger partial charge in [0.15, 0.2) is 0 Å². The maximum absolute atomic E-state index is 13.1. The number of nitrogens with zero attached hydrogens (tertiary/aromatic N) is 1. The normalized spacial score (nSPS) is 17.2. The molecule has 2 aromatic rings. The number of rotatable bonds is 7.